The van der Waals surface area contributed by atoms with E-state index in [9.17, 15) is 14.7 Å². The molecule has 5 rings (SSSR count). The van der Waals surface area contributed by atoms with Gasteiger partial charge in [0.05, 0.1) is 0 Å². The van der Waals surface area contributed by atoms with E-state index in [1.807, 2.05) is 0 Å². The molecule has 3 aliphatic heterocycles. The summed E-state index contributed by atoms with van der Waals surface area (Å²) in [6.07, 6.45) is 10.8. The van der Waals surface area contributed by atoms with Gasteiger partial charge in [-0.15, -0.1) is 0 Å². The number of hydrogen-bond acceptors (Lipinski definition) is 3. The summed E-state index contributed by atoms with van der Waals surface area (Å²) in [6.45, 7) is 6.82. The van der Waals surface area contributed by atoms with E-state index in [0.29, 0.717) is 24.5 Å². The molecule has 0 unspecified atom stereocenters. The molecule has 0 aromatic heterocycles. The Balaban J connectivity index is 1.10. The fraction of sp³-hybridized carbons (Fsp3) is 0.913. The summed E-state index contributed by atoms with van der Waals surface area (Å²) < 4.78 is 0. The highest BCUT2D eigenvalue weighted by Gasteiger charge is 2.51. The molecule has 5 aliphatic rings. The van der Waals surface area contributed by atoms with Crippen molar-refractivity contribution in [1.82, 2.24) is 20.0 Å². The molecule has 3 amide bonds. The minimum absolute atomic E-state index is 0.0320. The minimum atomic E-state index is -0.757. The van der Waals surface area contributed by atoms with Crippen molar-refractivity contribution in [3.63, 3.8) is 0 Å². The van der Waals surface area contributed by atoms with Crippen molar-refractivity contribution in [2.75, 3.05) is 32.7 Å². The lowest BCUT2D eigenvalue weighted by molar-refractivity contribution is -0.0139. The molecule has 3 saturated heterocycles. The summed E-state index contributed by atoms with van der Waals surface area (Å²) in [4.78, 5) is 30.6. The Hall–Kier alpha value is -1.50. The van der Waals surface area contributed by atoms with Crippen LogP contribution in [0, 0.1) is 11.3 Å². The number of carboxylic acid groups (broad SMARTS) is 1. The van der Waals surface area contributed by atoms with Crippen molar-refractivity contribution < 1.29 is 14.7 Å². The predicted octanol–water partition coefficient (Wildman–Crippen LogP) is 3.35. The topological polar surface area (TPSA) is 76.1 Å². The Kier molecular flexibility index (Phi) is 5.15. The molecule has 168 valence electrons. The largest absolute Gasteiger partial charge is 0.465 e. The van der Waals surface area contributed by atoms with Gasteiger partial charge in [0.2, 0.25) is 0 Å². The molecule has 0 aromatic rings. The van der Waals surface area contributed by atoms with Crippen molar-refractivity contribution in [1.29, 1.82) is 0 Å². The van der Waals surface area contributed by atoms with Gasteiger partial charge in [-0.3, -0.25) is 0 Å². The number of carbonyl (C=O) groups excluding carboxylic acids is 1. The summed E-state index contributed by atoms with van der Waals surface area (Å²) in [7, 11) is 0. The van der Waals surface area contributed by atoms with Gasteiger partial charge >= 0.3 is 12.1 Å². The molecule has 3 heterocycles. The third kappa shape index (κ3) is 3.67. The Labute approximate surface area is 180 Å². The monoisotopic (exact) mass is 418 g/mol. The van der Waals surface area contributed by atoms with Crippen LogP contribution < -0.4 is 5.32 Å². The van der Waals surface area contributed by atoms with Gasteiger partial charge in [-0.2, -0.15) is 0 Å². The maximum Gasteiger partial charge on any atom is 0.407 e. The molecule has 0 radical (unpaired) electrons. The summed E-state index contributed by atoms with van der Waals surface area (Å²) in [5, 5.41) is 12.6. The predicted molar refractivity (Wildman–Crippen MR) is 114 cm³/mol. The first-order valence-corrected chi connectivity index (χ1v) is 12.2. The van der Waals surface area contributed by atoms with E-state index in [2.05, 4.69) is 22.0 Å². The maximum atomic E-state index is 12.9. The van der Waals surface area contributed by atoms with Crippen LogP contribution in [0.2, 0.25) is 0 Å². The molecule has 2 aliphatic carbocycles. The first-order chi connectivity index (χ1) is 14.4. The number of likely N-dealkylation sites (tertiary alicyclic amines) is 3. The average molecular weight is 419 g/mol. The van der Waals surface area contributed by atoms with Gasteiger partial charge in [0.1, 0.15) is 0 Å². The molecule has 0 bridgehead atoms. The average Bonchev–Trinajstić information content (AvgIpc) is 3.33. The summed E-state index contributed by atoms with van der Waals surface area (Å²) in [5.74, 6) is 0.631. The zero-order valence-electron chi connectivity index (χ0n) is 18.4. The van der Waals surface area contributed by atoms with Gasteiger partial charge in [0.15, 0.2) is 0 Å². The van der Waals surface area contributed by atoms with Crippen LogP contribution in [0.5, 0.6) is 0 Å². The number of rotatable bonds is 3. The van der Waals surface area contributed by atoms with Crippen LogP contribution in [0.25, 0.3) is 0 Å². The lowest BCUT2D eigenvalue weighted by Crippen LogP contribution is -2.58. The highest BCUT2D eigenvalue weighted by molar-refractivity contribution is 5.76. The van der Waals surface area contributed by atoms with Gasteiger partial charge in [-0.05, 0) is 95.6 Å². The van der Waals surface area contributed by atoms with Crippen LogP contribution >= 0.6 is 0 Å². The van der Waals surface area contributed by atoms with Gasteiger partial charge in [-0.25, -0.2) is 9.59 Å². The van der Waals surface area contributed by atoms with E-state index in [1.54, 1.807) is 4.90 Å². The van der Waals surface area contributed by atoms with E-state index in [4.69, 9.17) is 0 Å². The van der Waals surface area contributed by atoms with Gasteiger partial charge in [-0.1, -0.05) is 0 Å². The third-order valence-electron chi connectivity index (χ3n) is 9.11. The number of nitrogens with zero attached hydrogens (tertiary/aromatic N) is 3. The zero-order valence-corrected chi connectivity index (χ0v) is 18.4. The van der Waals surface area contributed by atoms with Crippen LogP contribution in [0.3, 0.4) is 0 Å². The quantitative estimate of drug-likeness (QED) is 0.737. The molecule has 2 saturated carbocycles. The Morgan fingerprint density at radius 3 is 2.30 bits per heavy atom. The summed E-state index contributed by atoms with van der Waals surface area (Å²) in [5.41, 5.74) is 0.294. The number of hydrogen-bond donors (Lipinski definition) is 2. The van der Waals surface area contributed by atoms with Crippen molar-refractivity contribution in [3.8, 4) is 0 Å². The maximum absolute atomic E-state index is 12.9. The molecule has 30 heavy (non-hydrogen) atoms. The second-order valence-electron chi connectivity index (χ2n) is 11.1. The second-order valence-corrected chi connectivity index (χ2v) is 11.1. The van der Waals surface area contributed by atoms with Gasteiger partial charge in [0.25, 0.3) is 0 Å². The van der Waals surface area contributed by atoms with E-state index in [1.165, 1.54) is 19.3 Å². The Morgan fingerprint density at radius 2 is 1.70 bits per heavy atom. The van der Waals surface area contributed by atoms with Gasteiger partial charge in [0, 0.05) is 37.3 Å². The minimum Gasteiger partial charge on any atom is -0.465 e. The normalized spacial score (nSPS) is 36.6. The summed E-state index contributed by atoms with van der Waals surface area (Å²) in [6, 6.07) is 1.23. The van der Waals surface area contributed by atoms with Crippen LogP contribution in [0.15, 0.2) is 0 Å². The first kappa shape index (κ1) is 20.4. The molecule has 7 nitrogen and oxygen atoms in total. The van der Waals surface area contributed by atoms with E-state index >= 15 is 0 Å². The molecular weight excluding hydrogens is 380 g/mol. The van der Waals surface area contributed by atoms with Crippen molar-refractivity contribution in [2.24, 2.45) is 11.3 Å². The first-order valence-electron chi connectivity index (χ1n) is 12.2. The molecule has 5 fully saturated rings. The molecule has 1 atom stereocenters. The lowest BCUT2D eigenvalue weighted by atomic mass is 9.64. The van der Waals surface area contributed by atoms with E-state index in [0.717, 1.165) is 71.1 Å². The van der Waals surface area contributed by atoms with Crippen molar-refractivity contribution >= 4 is 12.1 Å². The second kappa shape index (κ2) is 7.57. The fourth-order valence-electron chi connectivity index (χ4n) is 7.00. The molecule has 7 heteroatoms. The lowest BCUT2D eigenvalue weighted by Gasteiger charge is -2.52. The van der Waals surface area contributed by atoms with Crippen molar-refractivity contribution in [3.05, 3.63) is 0 Å². The van der Waals surface area contributed by atoms with Crippen molar-refractivity contribution in [2.45, 2.75) is 88.8 Å². The van der Waals surface area contributed by atoms with Crippen LogP contribution in [0.1, 0.15) is 71.1 Å². The standard InChI is InChI=1S/C23H38N4O3/c1-22(7-3-8-22)24-20(28)27-10-2-4-19(27)17-5-11-25(12-6-17)18-14-23(15-18)9-13-26(16-23)21(29)30/h17-19H,2-16H2,1H3,(H,24,28)(H,29,30)/t18?,19-,23?/m0/s1. The SMILES string of the molecule is CC1(NC(=O)N2CCC[C@H]2C2CCN(C3CC4(CCN(C(=O)O)C4)C3)CC2)CCC1. The van der Waals surface area contributed by atoms with Gasteiger partial charge < -0.3 is 25.1 Å². The third-order valence-corrected chi connectivity index (χ3v) is 9.11. The van der Waals surface area contributed by atoms with Crippen LogP contribution in [0.4, 0.5) is 9.59 Å². The molecular formula is C23H38N4O3. The molecule has 0 aromatic carbocycles. The number of amides is 3. The smallest absolute Gasteiger partial charge is 0.407 e. The summed E-state index contributed by atoms with van der Waals surface area (Å²) >= 11 is 0. The highest BCUT2D eigenvalue weighted by atomic mass is 16.4. The fourth-order valence-corrected chi connectivity index (χ4v) is 7.00. The van der Waals surface area contributed by atoms with Crippen LogP contribution in [-0.2, 0) is 0 Å². The molecule has 2 N–H and O–H groups in total. The number of nitrogens with one attached hydrogen (secondary N) is 1. The van der Waals surface area contributed by atoms with E-state index < -0.39 is 6.09 Å². The molecule has 1 spiro atoms. The zero-order chi connectivity index (χ0) is 20.9. The number of urea groups is 1. The Morgan fingerprint density at radius 1 is 0.967 bits per heavy atom. The number of piperidine rings is 1. The van der Waals surface area contributed by atoms with Crippen LogP contribution in [-0.4, -0.2) is 82.3 Å². The number of carbonyl (C=O) groups is 2. The van der Waals surface area contributed by atoms with E-state index in [-0.39, 0.29) is 17.0 Å². The Bertz CT molecular complexity index is 680. The highest BCUT2D eigenvalue weighted by Crippen LogP contribution is 2.50.